The molecule has 0 saturated heterocycles. The molecule has 0 N–H and O–H groups in total. The Kier molecular flexibility index (Phi) is 5.15. The molecule has 32 heavy (non-hydrogen) atoms. The van der Waals surface area contributed by atoms with Crippen molar-refractivity contribution in [2.75, 3.05) is 7.11 Å². The topological polar surface area (TPSA) is 53.4 Å². The van der Waals surface area contributed by atoms with Crippen LogP contribution in [0, 0.1) is 6.92 Å². The summed E-state index contributed by atoms with van der Waals surface area (Å²) in [7, 11) is 1.65. The third-order valence-corrected chi connectivity index (χ3v) is 5.84. The fraction of sp³-hybridized carbons (Fsp3) is 0.0769. The second-order valence-corrected chi connectivity index (χ2v) is 8.39. The summed E-state index contributed by atoms with van der Waals surface area (Å²) < 4.78 is 13.9. The smallest absolute Gasteiger partial charge is 0.232 e. The van der Waals surface area contributed by atoms with Crippen molar-refractivity contribution >= 4 is 27.8 Å². The Hall–Kier alpha value is -3.64. The number of Topliss-reactive ketones (excluding diaryl/α,β-unsaturated/α-hetero) is 1. The number of para-hydroxylation sites is 1. The summed E-state index contributed by atoms with van der Waals surface area (Å²) in [6.45, 7) is 1.99. The molecule has 158 valence electrons. The predicted molar refractivity (Wildman–Crippen MR) is 127 cm³/mol. The molecule has 0 amide bonds. The zero-order valence-electron chi connectivity index (χ0n) is 17.5. The predicted octanol–water partition coefficient (Wildman–Crippen LogP) is 6.24. The first-order valence-electron chi connectivity index (χ1n) is 10.1. The Labute approximate surface area is 194 Å². The second kappa shape index (κ2) is 8.13. The van der Waals surface area contributed by atoms with Crippen LogP contribution in [0.1, 0.15) is 21.5 Å². The molecule has 1 aromatic heterocycles. The van der Waals surface area contributed by atoms with E-state index in [1.165, 1.54) is 0 Å². The number of carbonyl (C=O) groups is 1. The minimum atomic E-state index is -0.148. The first-order valence-corrected chi connectivity index (χ1v) is 10.9. The number of aromatic nitrogens is 2. The van der Waals surface area contributed by atoms with E-state index in [9.17, 15) is 4.79 Å². The number of fused-ring (bicyclic) bond motifs is 1. The number of hydrogen-bond acceptors (Lipinski definition) is 4. The maximum absolute atomic E-state index is 13.0. The van der Waals surface area contributed by atoms with Crippen molar-refractivity contribution in [1.82, 2.24) is 9.78 Å². The number of allylic oxidation sites excluding steroid dienone is 1. The van der Waals surface area contributed by atoms with Crippen LogP contribution in [0.5, 0.6) is 11.5 Å². The molecule has 0 saturated carbocycles. The van der Waals surface area contributed by atoms with Crippen molar-refractivity contribution in [1.29, 1.82) is 0 Å². The normalized spacial score (nSPS) is 13.8. The van der Waals surface area contributed by atoms with E-state index in [1.807, 2.05) is 72.4 Å². The van der Waals surface area contributed by atoms with Crippen LogP contribution < -0.4 is 9.47 Å². The number of rotatable bonds is 4. The number of benzene rings is 3. The standard InChI is InChI=1S/C26H19BrN2O3/c1-16-12-17(8-10-22(16)31-2)25-18(15-29(28-25)20-6-4-3-5-7-20)13-24-26(30)21-14-19(27)9-11-23(21)32-24/h3-15H,1-2H3/b24-13-. The van der Waals surface area contributed by atoms with E-state index in [1.54, 1.807) is 25.3 Å². The lowest BCUT2D eigenvalue weighted by Gasteiger charge is -2.07. The summed E-state index contributed by atoms with van der Waals surface area (Å²) >= 11 is 3.42. The van der Waals surface area contributed by atoms with Gasteiger partial charge in [0.25, 0.3) is 0 Å². The Bertz CT molecular complexity index is 1370. The van der Waals surface area contributed by atoms with Crippen molar-refractivity contribution in [3.63, 3.8) is 0 Å². The minimum Gasteiger partial charge on any atom is -0.496 e. The lowest BCUT2D eigenvalue weighted by atomic mass is 10.0. The number of halogens is 1. The Morgan fingerprint density at radius 1 is 1.06 bits per heavy atom. The molecule has 0 unspecified atom stereocenters. The average molecular weight is 487 g/mol. The summed E-state index contributed by atoms with van der Waals surface area (Å²) in [5.74, 6) is 1.50. The van der Waals surface area contributed by atoms with Crippen LogP contribution in [0.3, 0.4) is 0 Å². The molecule has 0 spiro atoms. The molecule has 0 bridgehead atoms. The zero-order chi connectivity index (χ0) is 22.2. The Balaban J connectivity index is 1.63. The van der Waals surface area contributed by atoms with E-state index in [0.717, 1.165) is 38.3 Å². The van der Waals surface area contributed by atoms with Crippen LogP contribution in [0.15, 0.2) is 83.2 Å². The van der Waals surface area contributed by atoms with Gasteiger partial charge in [-0.3, -0.25) is 4.79 Å². The summed E-state index contributed by atoms with van der Waals surface area (Å²) in [6.07, 6.45) is 3.67. The third kappa shape index (κ3) is 3.63. The first kappa shape index (κ1) is 20.3. The molecular formula is C26H19BrN2O3. The van der Waals surface area contributed by atoms with Gasteiger partial charge in [0, 0.05) is 21.8 Å². The zero-order valence-corrected chi connectivity index (χ0v) is 19.1. The summed E-state index contributed by atoms with van der Waals surface area (Å²) in [5.41, 5.74) is 4.94. The lowest BCUT2D eigenvalue weighted by Crippen LogP contribution is -1.98. The second-order valence-electron chi connectivity index (χ2n) is 7.48. The molecule has 0 atom stereocenters. The molecule has 3 aromatic carbocycles. The van der Waals surface area contributed by atoms with Crippen molar-refractivity contribution in [3.05, 3.63) is 99.8 Å². The number of ether oxygens (including phenoxy) is 2. The van der Waals surface area contributed by atoms with E-state index in [-0.39, 0.29) is 11.5 Å². The molecular weight excluding hydrogens is 468 g/mol. The lowest BCUT2D eigenvalue weighted by molar-refractivity contribution is 0.101. The summed E-state index contributed by atoms with van der Waals surface area (Å²) in [4.78, 5) is 13.0. The van der Waals surface area contributed by atoms with Gasteiger partial charge in [0.15, 0.2) is 5.76 Å². The molecule has 1 aliphatic rings. The van der Waals surface area contributed by atoms with Crippen molar-refractivity contribution in [2.24, 2.45) is 0 Å². The molecule has 5 rings (SSSR count). The van der Waals surface area contributed by atoms with Gasteiger partial charge in [-0.05, 0) is 67.1 Å². The van der Waals surface area contributed by atoms with Gasteiger partial charge in [-0.2, -0.15) is 5.10 Å². The van der Waals surface area contributed by atoms with Crippen LogP contribution in [-0.4, -0.2) is 22.7 Å². The largest absolute Gasteiger partial charge is 0.496 e. The van der Waals surface area contributed by atoms with Crippen LogP contribution in [0.4, 0.5) is 0 Å². The van der Waals surface area contributed by atoms with E-state index >= 15 is 0 Å². The number of aryl methyl sites for hydroxylation is 1. The highest BCUT2D eigenvalue weighted by Gasteiger charge is 2.28. The van der Waals surface area contributed by atoms with Crippen LogP contribution in [-0.2, 0) is 0 Å². The molecule has 6 heteroatoms. The van der Waals surface area contributed by atoms with Crippen LogP contribution >= 0.6 is 15.9 Å². The highest BCUT2D eigenvalue weighted by Crippen LogP contribution is 2.35. The van der Waals surface area contributed by atoms with Crippen molar-refractivity contribution in [2.45, 2.75) is 6.92 Å². The molecule has 0 radical (unpaired) electrons. The molecule has 5 nitrogen and oxygen atoms in total. The van der Waals surface area contributed by atoms with Crippen LogP contribution in [0.2, 0.25) is 0 Å². The number of carbonyl (C=O) groups excluding carboxylic acids is 1. The van der Waals surface area contributed by atoms with Gasteiger partial charge in [-0.15, -0.1) is 0 Å². The van der Waals surface area contributed by atoms with E-state index in [4.69, 9.17) is 14.6 Å². The molecule has 4 aromatic rings. The first-order chi connectivity index (χ1) is 15.5. The molecule has 2 heterocycles. The van der Waals surface area contributed by atoms with E-state index in [0.29, 0.717) is 11.3 Å². The average Bonchev–Trinajstić information content (AvgIpc) is 3.36. The van der Waals surface area contributed by atoms with E-state index in [2.05, 4.69) is 15.9 Å². The molecule has 0 aliphatic carbocycles. The molecule has 1 aliphatic heterocycles. The van der Waals surface area contributed by atoms with E-state index < -0.39 is 0 Å². The van der Waals surface area contributed by atoms with Gasteiger partial charge in [0.1, 0.15) is 17.2 Å². The van der Waals surface area contributed by atoms with Gasteiger partial charge in [0.05, 0.1) is 18.4 Å². The number of hydrogen-bond donors (Lipinski definition) is 0. The third-order valence-electron chi connectivity index (χ3n) is 5.35. The number of nitrogens with zero attached hydrogens (tertiary/aromatic N) is 2. The monoisotopic (exact) mass is 486 g/mol. The maximum Gasteiger partial charge on any atom is 0.232 e. The molecule has 0 fully saturated rings. The van der Waals surface area contributed by atoms with Gasteiger partial charge < -0.3 is 9.47 Å². The van der Waals surface area contributed by atoms with Crippen LogP contribution in [0.25, 0.3) is 23.0 Å². The van der Waals surface area contributed by atoms with Crippen molar-refractivity contribution < 1.29 is 14.3 Å². The summed E-state index contributed by atoms with van der Waals surface area (Å²) in [6, 6.07) is 21.2. The van der Waals surface area contributed by atoms with Gasteiger partial charge in [0.2, 0.25) is 5.78 Å². The fourth-order valence-corrected chi connectivity index (χ4v) is 4.12. The highest BCUT2D eigenvalue weighted by molar-refractivity contribution is 9.10. The van der Waals surface area contributed by atoms with Crippen molar-refractivity contribution in [3.8, 4) is 28.4 Å². The minimum absolute atomic E-state index is 0.148. The number of ketones is 1. The number of methoxy groups -OCH3 is 1. The quantitative estimate of drug-likeness (QED) is 0.320. The fourth-order valence-electron chi connectivity index (χ4n) is 3.76. The highest BCUT2D eigenvalue weighted by atomic mass is 79.9. The summed E-state index contributed by atoms with van der Waals surface area (Å²) in [5, 5.41) is 4.83. The van der Waals surface area contributed by atoms with Gasteiger partial charge >= 0.3 is 0 Å². The van der Waals surface area contributed by atoms with Gasteiger partial charge in [-0.1, -0.05) is 34.1 Å². The Morgan fingerprint density at radius 2 is 1.88 bits per heavy atom. The SMILES string of the molecule is COc1ccc(-c2nn(-c3ccccc3)cc2/C=C2\Oc3ccc(Br)cc3C2=O)cc1C. The van der Waals surface area contributed by atoms with Gasteiger partial charge in [-0.25, -0.2) is 4.68 Å². The maximum atomic E-state index is 13.0. The Morgan fingerprint density at radius 3 is 2.62 bits per heavy atom.